The first-order valence-corrected chi connectivity index (χ1v) is 13.4. The Morgan fingerprint density at radius 2 is 1.80 bits per heavy atom. The molecule has 1 aromatic rings. The smallest absolute Gasteiger partial charge is 0.251 e. The summed E-state index contributed by atoms with van der Waals surface area (Å²) < 4.78 is 2.32. The molecule has 0 spiro atoms. The Kier molecular flexibility index (Phi) is 10.8. The summed E-state index contributed by atoms with van der Waals surface area (Å²) in [6, 6.07) is 6.76. The Hall–Kier alpha value is -2.13. The van der Waals surface area contributed by atoms with Crippen molar-refractivity contribution in [2.75, 3.05) is 19.6 Å². The summed E-state index contributed by atoms with van der Waals surface area (Å²) in [5.41, 5.74) is 1.53. The highest BCUT2D eigenvalue weighted by Gasteiger charge is 2.30. The molecule has 2 aliphatic rings. The third-order valence-corrected chi connectivity index (χ3v) is 7.33. The van der Waals surface area contributed by atoms with Gasteiger partial charge in [0, 0.05) is 30.1 Å². The van der Waals surface area contributed by atoms with E-state index in [1.165, 1.54) is 12.8 Å². The molecule has 1 aliphatic heterocycles. The number of nitrogens with one attached hydrogen (secondary N) is 2. The first-order chi connectivity index (χ1) is 16.8. The van der Waals surface area contributed by atoms with Crippen LogP contribution in [0.3, 0.4) is 0 Å². The second-order valence-electron chi connectivity index (χ2n) is 9.76. The highest BCUT2D eigenvalue weighted by molar-refractivity contribution is 7.97. The van der Waals surface area contributed by atoms with E-state index in [1.807, 2.05) is 32.1 Å². The number of aliphatic hydroxyl groups excluding tert-OH is 2. The van der Waals surface area contributed by atoms with Gasteiger partial charge in [-0.1, -0.05) is 32.1 Å². The third-order valence-electron chi connectivity index (χ3n) is 6.22. The molecule has 1 heterocycles. The number of carbonyl (C=O) groups excluding carboxylic acids is 2. The lowest BCUT2D eigenvalue weighted by atomic mass is 9.94. The van der Waals surface area contributed by atoms with Crippen molar-refractivity contribution in [2.45, 2.75) is 75.5 Å². The summed E-state index contributed by atoms with van der Waals surface area (Å²) in [5, 5.41) is 27.1. The number of allylic oxidation sites excluding steroid dienone is 2. The van der Waals surface area contributed by atoms with Crippen LogP contribution >= 0.6 is 11.9 Å². The van der Waals surface area contributed by atoms with E-state index in [0.29, 0.717) is 18.5 Å². The van der Waals surface area contributed by atoms with Crippen LogP contribution < -0.4 is 10.6 Å². The highest BCUT2D eigenvalue weighted by Crippen LogP contribution is 2.26. The van der Waals surface area contributed by atoms with Crippen molar-refractivity contribution < 1.29 is 19.8 Å². The Morgan fingerprint density at radius 1 is 1.09 bits per heavy atom. The minimum atomic E-state index is -1.28. The molecular formula is C27H39N3O4S. The summed E-state index contributed by atoms with van der Waals surface area (Å²) >= 11 is 1.70. The third kappa shape index (κ3) is 9.11. The van der Waals surface area contributed by atoms with Gasteiger partial charge < -0.3 is 20.8 Å². The maximum absolute atomic E-state index is 12.9. The topological polar surface area (TPSA) is 102 Å². The molecule has 35 heavy (non-hydrogen) atoms. The van der Waals surface area contributed by atoms with Crippen LogP contribution in [0.15, 0.2) is 53.0 Å². The molecule has 1 aliphatic carbocycles. The lowest BCUT2D eigenvalue weighted by molar-refractivity contribution is -0.125. The van der Waals surface area contributed by atoms with Crippen molar-refractivity contribution in [1.29, 1.82) is 0 Å². The molecular weight excluding hydrogens is 462 g/mol. The molecule has 0 aromatic heterocycles. The molecule has 2 amide bonds. The van der Waals surface area contributed by atoms with Crippen LogP contribution in [0.5, 0.6) is 0 Å². The normalized spacial score (nSPS) is 18.7. The SMILES string of the molecule is CC(C)C[C@H](NC(=O)c1ccc(SN2CCCC2)cc1)[C@@H](O)[C@H](O)CC(=O)NCC1=CCCC=C1. The lowest BCUT2D eigenvalue weighted by Crippen LogP contribution is -2.50. The standard InChI is InChI=1S/C27H39N3O4S/c1-19(2)16-23(26(33)24(31)17-25(32)28-18-20-8-4-3-5-9-20)29-27(34)21-10-12-22(13-11-21)35-30-14-6-7-15-30/h4,8-13,19,23-24,26,31,33H,3,5-7,14-18H2,1-2H3,(H,28,32)(H,29,34)/t23-,24+,26+/m0/s1. The molecule has 192 valence electrons. The van der Waals surface area contributed by atoms with Crippen LogP contribution in [0.4, 0.5) is 0 Å². The average Bonchev–Trinajstić information content (AvgIpc) is 3.35. The van der Waals surface area contributed by atoms with E-state index in [2.05, 4.69) is 27.1 Å². The molecule has 1 fully saturated rings. The molecule has 0 saturated carbocycles. The Labute approximate surface area is 213 Å². The van der Waals surface area contributed by atoms with E-state index in [0.717, 1.165) is 36.4 Å². The molecule has 0 unspecified atom stereocenters. The fourth-order valence-electron chi connectivity index (χ4n) is 4.29. The Morgan fingerprint density at radius 3 is 2.43 bits per heavy atom. The number of hydrogen-bond donors (Lipinski definition) is 4. The van der Waals surface area contributed by atoms with Gasteiger partial charge in [0.1, 0.15) is 6.10 Å². The maximum atomic E-state index is 12.9. The predicted octanol–water partition coefficient (Wildman–Crippen LogP) is 3.44. The van der Waals surface area contributed by atoms with Gasteiger partial charge in [0.25, 0.3) is 5.91 Å². The molecule has 0 bridgehead atoms. The number of nitrogens with zero attached hydrogens (tertiary/aromatic N) is 1. The minimum Gasteiger partial charge on any atom is -0.390 e. The fraction of sp³-hybridized carbons (Fsp3) is 0.556. The second kappa shape index (κ2) is 13.8. The van der Waals surface area contributed by atoms with E-state index in [9.17, 15) is 19.8 Å². The van der Waals surface area contributed by atoms with Crippen molar-refractivity contribution in [2.24, 2.45) is 5.92 Å². The molecule has 8 heteroatoms. The monoisotopic (exact) mass is 501 g/mol. The van der Waals surface area contributed by atoms with Gasteiger partial charge in [-0.3, -0.25) is 9.59 Å². The molecule has 7 nitrogen and oxygen atoms in total. The Balaban J connectivity index is 1.53. The number of amides is 2. The van der Waals surface area contributed by atoms with Crippen LogP contribution in [0.2, 0.25) is 0 Å². The first kappa shape index (κ1) is 27.5. The van der Waals surface area contributed by atoms with E-state index in [-0.39, 0.29) is 24.2 Å². The number of rotatable bonds is 12. The zero-order valence-corrected chi connectivity index (χ0v) is 21.6. The van der Waals surface area contributed by atoms with E-state index in [1.54, 1.807) is 24.1 Å². The number of benzene rings is 1. The summed E-state index contributed by atoms with van der Waals surface area (Å²) in [5.74, 6) is -0.461. The summed E-state index contributed by atoms with van der Waals surface area (Å²) in [7, 11) is 0. The number of hydrogen-bond acceptors (Lipinski definition) is 6. The molecule has 3 atom stereocenters. The fourth-order valence-corrected chi connectivity index (χ4v) is 5.29. The van der Waals surface area contributed by atoms with Crippen molar-refractivity contribution in [3.63, 3.8) is 0 Å². The summed E-state index contributed by atoms with van der Waals surface area (Å²) in [6.07, 6.45) is 8.24. The quantitative estimate of drug-likeness (QED) is 0.327. The van der Waals surface area contributed by atoms with Crippen LogP contribution in [0.1, 0.15) is 62.7 Å². The van der Waals surface area contributed by atoms with Gasteiger partial charge in [-0.2, -0.15) is 0 Å². The molecule has 0 radical (unpaired) electrons. The second-order valence-corrected chi connectivity index (χ2v) is 10.9. The van der Waals surface area contributed by atoms with Gasteiger partial charge in [0.05, 0.1) is 18.6 Å². The van der Waals surface area contributed by atoms with Crippen LogP contribution in [0, 0.1) is 5.92 Å². The van der Waals surface area contributed by atoms with Crippen LogP contribution in [-0.4, -0.2) is 64.2 Å². The van der Waals surface area contributed by atoms with Gasteiger partial charge in [0.2, 0.25) is 5.91 Å². The molecule has 1 aromatic carbocycles. The first-order valence-electron chi connectivity index (χ1n) is 12.6. The van der Waals surface area contributed by atoms with Gasteiger partial charge in [-0.15, -0.1) is 0 Å². The van der Waals surface area contributed by atoms with Crippen LogP contribution in [-0.2, 0) is 4.79 Å². The highest BCUT2D eigenvalue weighted by atomic mass is 32.2. The zero-order chi connectivity index (χ0) is 25.2. The van der Waals surface area contributed by atoms with E-state index in [4.69, 9.17) is 0 Å². The van der Waals surface area contributed by atoms with E-state index < -0.39 is 18.2 Å². The van der Waals surface area contributed by atoms with Crippen LogP contribution in [0.25, 0.3) is 0 Å². The number of carbonyl (C=O) groups is 2. The van der Waals surface area contributed by atoms with Crippen molar-refractivity contribution >= 4 is 23.8 Å². The lowest BCUT2D eigenvalue weighted by Gasteiger charge is -2.29. The average molecular weight is 502 g/mol. The van der Waals surface area contributed by atoms with Gasteiger partial charge in [-0.05, 0) is 79.8 Å². The zero-order valence-electron chi connectivity index (χ0n) is 20.8. The van der Waals surface area contributed by atoms with Gasteiger partial charge >= 0.3 is 0 Å². The van der Waals surface area contributed by atoms with Crippen molar-refractivity contribution in [1.82, 2.24) is 14.9 Å². The predicted molar refractivity (Wildman–Crippen MR) is 140 cm³/mol. The molecule has 1 saturated heterocycles. The molecule has 4 N–H and O–H groups in total. The maximum Gasteiger partial charge on any atom is 0.251 e. The summed E-state index contributed by atoms with van der Waals surface area (Å²) in [4.78, 5) is 26.3. The van der Waals surface area contributed by atoms with Gasteiger partial charge in [-0.25, -0.2) is 4.31 Å². The van der Waals surface area contributed by atoms with Crippen molar-refractivity contribution in [3.05, 3.63) is 53.6 Å². The number of aliphatic hydroxyl groups is 2. The summed E-state index contributed by atoms with van der Waals surface area (Å²) in [6.45, 7) is 6.53. The Bertz CT molecular complexity index is 894. The van der Waals surface area contributed by atoms with E-state index >= 15 is 0 Å². The van der Waals surface area contributed by atoms with Crippen molar-refractivity contribution in [3.8, 4) is 0 Å². The minimum absolute atomic E-state index is 0.181. The largest absolute Gasteiger partial charge is 0.390 e. The van der Waals surface area contributed by atoms with Gasteiger partial charge in [0.15, 0.2) is 0 Å². The molecule has 3 rings (SSSR count).